The van der Waals surface area contributed by atoms with Crippen molar-refractivity contribution < 1.29 is 24.0 Å². The Kier molecular flexibility index (Phi) is 7.70. The van der Waals surface area contributed by atoms with Crippen molar-refractivity contribution in [3.8, 4) is 0 Å². The van der Waals surface area contributed by atoms with Gasteiger partial charge in [0.2, 0.25) is 5.91 Å². The largest absolute Gasteiger partial charge is 0.338 e. The third-order valence-corrected chi connectivity index (χ3v) is 8.30. The van der Waals surface area contributed by atoms with Crippen LogP contribution in [0.4, 0.5) is 20.1 Å². The summed E-state index contributed by atoms with van der Waals surface area (Å²) in [5.41, 5.74) is 1.66. The Morgan fingerprint density at radius 2 is 1.83 bits per heavy atom. The summed E-state index contributed by atoms with van der Waals surface area (Å²) in [6.45, 7) is 4.27. The van der Waals surface area contributed by atoms with Crippen molar-refractivity contribution in [1.82, 2.24) is 25.3 Å². The minimum atomic E-state index is -1.25. The Morgan fingerprint density at radius 3 is 2.51 bits per heavy atom. The van der Waals surface area contributed by atoms with Crippen LogP contribution in [0, 0.1) is 5.92 Å². The molecule has 41 heavy (non-hydrogen) atoms. The van der Waals surface area contributed by atoms with Crippen LogP contribution in [0.25, 0.3) is 0 Å². The highest BCUT2D eigenvalue weighted by atomic mass is 16.2. The highest BCUT2D eigenvalue weighted by Crippen LogP contribution is 2.42. The van der Waals surface area contributed by atoms with Gasteiger partial charge in [-0.15, -0.1) is 0 Å². The molecule has 1 aliphatic heterocycles. The molecular formula is C30H36N6O5. The van der Waals surface area contributed by atoms with E-state index in [2.05, 4.69) is 16.0 Å². The number of urea groups is 3. The molecule has 1 saturated carbocycles. The Bertz CT molecular complexity index is 1380. The van der Waals surface area contributed by atoms with E-state index in [4.69, 9.17) is 0 Å². The number of aryl methyl sites for hydroxylation is 1. The maximum atomic E-state index is 13.8. The van der Waals surface area contributed by atoms with Crippen molar-refractivity contribution in [3.05, 3.63) is 65.2 Å². The number of benzene rings is 2. The van der Waals surface area contributed by atoms with E-state index in [1.165, 1.54) is 7.05 Å². The SMILES string of the molecule is CCNC(=O)N(C)C(=O)Nc1ccc2c(c1)CCC21NC(=O)N(CC(=O)N(Cc2ccccc2)[C@@H](C)C2CC2)C1=O. The van der Waals surface area contributed by atoms with Crippen molar-refractivity contribution in [2.24, 2.45) is 5.92 Å². The average molecular weight is 561 g/mol. The van der Waals surface area contributed by atoms with Crippen LogP contribution in [-0.2, 0) is 28.1 Å². The zero-order chi connectivity index (χ0) is 29.3. The smallest absolute Gasteiger partial charge is 0.329 e. The van der Waals surface area contributed by atoms with E-state index in [-0.39, 0.29) is 18.5 Å². The topological polar surface area (TPSA) is 131 Å². The molecule has 1 heterocycles. The number of amides is 8. The summed E-state index contributed by atoms with van der Waals surface area (Å²) in [5, 5.41) is 8.13. The lowest BCUT2D eigenvalue weighted by molar-refractivity contribution is -0.141. The van der Waals surface area contributed by atoms with E-state index in [1.54, 1.807) is 30.0 Å². The van der Waals surface area contributed by atoms with Crippen molar-refractivity contribution in [2.45, 2.75) is 57.7 Å². The number of imide groups is 2. The van der Waals surface area contributed by atoms with E-state index in [0.717, 1.165) is 33.8 Å². The van der Waals surface area contributed by atoms with Crippen LogP contribution in [0.1, 0.15) is 49.8 Å². The summed E-state index contributed by atoms with van der Waals surface area (Å²) in [6.07, 6.45) is 2.97. The molecule has 5 rings (SSSR count). The third-order valence-electron chi connectivity index (χ3n) is 8.30. The molecular weight excluding hydrogens is 524 g/mol. The first-order chi connectivity index (χ1) is 19.6. The molecule has 1 spiro atoms. The molecule has 1 saturated heterocycles. The van der Waals surface area contributed by atoms with E-state index in [9.17, 15) is 24.0 Å². The average Bonchev–Trinajstić information content (AvgIpc) is 3.72. The van der Waals surface area contributed by atoms with E-state index in [1.807, 2.05) is 37.3 Å². The standard InChI is InChI=1S/C30H36N6O5/c1-4-31-27(39)34(3)28(40)32-23-12-13-24-22(16-23)14-15-30(24)26(38)36(29(41)33-30)18-25(37)35(19(2)21-10-11-21)17-20-8-6-5-7-9-20/h5-9,12-13,16,19,21H,4,10-11,14-15,17-18H2,1-3H3,(H,31,39)(H,32,40)(H,33,41)/t19-,30?/m0/s1. The van der Waals surface area contributed by atoms with Gasteiger partial charge >= 0.3 is 18.1 Å². The van der Waals surface area contributed by atoms with Crippen LogP contribution in [-0.4, -0.2) is 70.8 Å². The zero-order valence-electron chi connectivity index (χ0n) is 23.6. The van der Waals surface area contributed by atoms with Crippen LogP contribution >= 0.6 is 0 Å². The summed E-state index contributed by atoms with van der Waals surface area (Å²) in [4.78, 5) is 68.7. The van der Waals surface area contributed by atoms with Gasteiger partial charge in [-0.2, -0.15) is 0 Å². The summed E-state index contributed by atoms with van der Waals surface area (Å²) in [5.74, 6) is -0.281. The fraction of sp³-hybridized carbons (Fsp3) is 0.433. The lowest BCUT2D eigenvalue weighted by atomic mass is 9.91. The van der Waals surface area contributed by atoms with Crippen LogP contribution in [0.15, 0.2) is 48.5 Å². The fourth-order valence-corrected chi connectivity index (χ4v) is 5.74. The molecule has 11 nitrogen and oxygen atoms in total. The van der Waals surface area contributed by atoms with E-state index in [0.29, 0.717) is 43.1 Å². The number of nitrogens with zero attached hydrogens (tertiary/aromatic N) is 3. The quantitative estimate of drug-likeness (QED) is 0.426. The first kappa shape index (κ1) is 28.1. The molecule has 0 radical (unpaired) electrons. The maximum Gasteiger partial charge on any atom is 0.329 e. The van der Waals surface area contributed by atoms with Crippen molar-refractivity contribution >= 4 is 35.6 Å². The Balaban J connectivity index is 1.30. The van der Waals surface area contributed by atoms with Crippen molar-refractivity contribution in [3.63, 3.8) is 0 Å². The van der Waals surface area contributed by atoms with Gasteiger partial charge < -0.3 is 20.9 Å². The van der Waals surface area contributed by atoms with Gasteiger partial charge in [-0.3, -0.25) is 14.5 Å². The second-order valence-electron chi connectivity index (χ2n) is 11.0. The van der Waals surface area contributed by atoms with Crippen LogP contribution in [0.3, 0.4) is 0 Å². The first-order valence-electron chi connectivity index (χ1n) is 14.1. The minimum Gasteiger partial charge on any atom is -0.338 e. The van der Waals surface area contributed by atoms with Gasteiger partial charge in [0.1, 0.15) is 12.1 Å². The van der Waals surface area contributed by atoms with Gasteiger partial charge in [-0.05, 0) is 74.3 Å². The summed E-state index contributed by atoms with van der Waals surface area (Å²) in [7, 11) is 1.37. The predicted octanol–water partition coefficient (Wildman–Crippen LogP) is 3.40. The van der Waals surface area contributed by atoms with Gasteiger partial charge in [0.15, 0.2) is 0 Å². The maximum absolute atomic E-state index is 13.8. The summed E-state index contributed by atoms with van der Waals surface area (Å²) >= 11 is 0. The summed E-state index contributed by atoms with van der Waals surface area (Å²) in [6, 6.07) is 13.1. The molecule has 2 aromatic rings. The minimum absolute atomic E-state index is 0.00497. The van der Waals surface area contributed by atoms with Gasteiger partial charge in [0.25, 0.3) is 5.91 Å². The molecule has 3 aliphatic rings. The second kappa shape index (κ2) is 11.2. The second-order valence-corrected chi connectivity index (χ2v) is 11.0. The zero-order valence-corrected chi connectivity index (χ0v) is 23.6. The number of hydrogen-bond acceptors (Lipinski definition) is 5. The van der Waals surface area contributed by atoms with Crippen molar-refractivity contribution in [1.29, 1.82) is 0 Å². The van der Waals surface area contributed by atoms with Crippen LogP contribution in [0.5, 0.6) is 0 Å². The Morgan fingerprint density at radius 1 is 1.10 bits per heavy atom. The van der Waals surface area contributed by atoms with Gasteiger partial charge in [0.05, 0.1) is 0 Å². The molecule has 3 N–H and O–H groups in total. The Labute approximate surface area is 239 Å². The van der Waals surface area contributed by atoms with Gasteiger partial charge in [-0.25, -0.2) is 19.3 Å². The molecule has 8 amide bonds. The highest BCUT2D eigenvalue weighted by Gasteiger charge is 2.56. The number of hydrogen-bond donors (Lipinski definition) is 3. The van der Waals surface area contributed by atoms with E-state index < -0.39 is 29.5 Å². The van der Waals surface area contributed by atoms with Crippen LogP contribution in [0.2, 0.25) is 0 Å². The number of carbonyl (C=O) groups excluding carboxylic acids is 5. The molecule has 1 unspecified atom stereocenters. The summed E-state index contributed by atoms with van der Waals surface area (Å²) < 4.78 is 0. The molecule has 0 bridgehead atoms. The lowest BCUT2D eigenvalue weighted by Gasteiger charge is -2.31. The Hall–Kier alpha value is -4.41. The number of anilines is 1. The predicted molar refractivity (Wildman–Crippen MR) is 152 cm³/mol. The highest BCUT2D eigenvalue weighted by molar-refractivity contribution is 6.10. The number of rotatable bonds is 8. The molecule has 2 aliphatic carbocycles. The monoisotopic (exact) mass is 560 g/mol. The molecule has 216 valence electrons. The molecule has 2 aromatic carbocycles. The van der Waals surface area contributed by atoms with Crippen molar-refractivity contribution in [2.75, 3.05) is 25.5 Å². The molecule has 11 heteroatoms. The van der Waals surface area contributed by atoms with Gasteiger partial charge in [-0.1, -0.05) is 36.4 Å². The number of fused-ring (bicyclic) bond motifs is 2. The molecule has 2 fully saturated rings. The lowest BCUT2D eigenvalue weighted by Crippen LogP contribution is -2.47. The normalized spacial score (nSPS) is 19.9. The number of carbonyl (C=O) groups is 5. The first-order valence-corrected chi connectivity index (χ1v) is 14.1. The molecule has 2 atom stereocenters. The van der Waals surface area contributed by atoms with E-state index >= 15 is 0 Å². The third kappa shape index (κ3) is 5.48. The fourth-order valence-electron chi connectivity index (χ4n) is 5.74. The van der Waals surface area contributed by atoms with Crippen LogP contribution < -0.4 is 16.0 Å². The van der Waals surface area contributed by atoms with Gasteiger partial charge in [0, 0.05) is 31.9 Å². The number of nitrogens with one attached hydrogen (secondary N) is 3. The molecule has 0 aromatic heterocycles.